The second-order valence-electron chi connectivity index (χ2n) is 7.96. The number of halogens is 1. The smallest absolute Gasteiger partial charge is 0.252 e. The number of pyridine rings is 1. The summed E-state index contributed by atoms with van der Waals surface area (Å²) in [6.45, 7) is 3.72. The number of nitrogens with two attached hydrogens (primary N) is 2. The molecule has 2 aromatic heterocycles. The van der Waals surface area contributed by atoms with E-state index >= 15 is 0 Å². The van der Waals surface area contributed by atoms with Gasteiger partial charge < -0.3 is 21.5 Å². The summed E-state index contributed by atoms with van der Waals surface area (Å²) in [5.74, 6) is 0.747. The summed E-state index contributed by atoms with van der Waals surface area (Å²) in [7, 11) is -3.39. The number of fused-ring (bicyclic) bond motifs is 1. The molecular weight excluding hydrogens is 484 g/mol. The second kappa shape index (κ2) is 9.38. The molecule has 0 unspecified atom stereocenters. The Bertz CT molecular complexity index is 1250. The molecule has 4 rings (SSSR count). The number of imidazole rings is 1. The van der Waals surface area contributed by atoms with Crippen LogP contribution in [-0.4, -0.2) is 47.5 Å². The zero-order chi connectivity index (χ0) is 23.8. The lowest BCUT2D eigenvalue weighted by molar-refractivity contribution is 0.0880. The number of ether oxygens (including phenoxy) is 1. The molecule has 0 atom stereocenters. The van der Waals surface area contributed by atoms with Crippen LogP contribution in [0, 0.1) is 0 Å². The third-order valence-corrected chi connectivity index (χ3v) is 5.66. The first kappa shape index (κ1) is 25.1. The van der Waals surface area contributed by atoms with Gasteiger partial charge in [-0.05, 0) is 49.1 Å². The summed E-state index contributed by atoms with van der Waals surface area (Å²) in [5, 5.41) is 2.93. The number of benzene rings is 1. The van der Waals surface area contributed by atoms with Crippen molar-refractivity contribution in [1.29, 1.82) is 0 Å². The van der Waals surface area contributed by atoms with Crippen molar-refractivity contribution >= 4 is 46.7 Å². The van der Waals surface area contributed by atoms with Crippen LogP contribution in [-0.2, 0) is 0 Å². The van der Waals surface area contributed by atoms with E-state index in [9.17, 15) is 13.9 Å². The minimum absolute atomic E-state index is 0. The molecule has 0 aliphatic carbocycles. The minimum atomic E-state index is -3.39. The van der Waals surface area contributed by atoms with E-state index < -0.39 is 16.5 Å². The summed E-state index contributed by atoms with van der Waals surface area (Å²) >= 11 is 0. The number of rotatable bonds is 6. The van der Waals surface area contributed by atoms with Crippen LogP contribution in [0.1, 0.15) is 29.8 Å². The lowest BCUT2D eigenvalue weighted by Crippen LogP contribution is -2.48. The molecule has 0 radical (unpaired) electrons. The third kappa shape index (κ3) is 5.34. The van der Waals surface area contributed by atoms with E-state index in [1.165, 1.54) is 6.20 Å². The number of aromatic nitrogens is 3. The van der Waals surface area contributed by atoms with Gasteiger partial charge in [-0.15, -0.1) is 16.8 Å². The van der Waals surface area contributed by atoms with E-state index in [2.05, 4.69) is 24.4 Å². The van der Waals surface area contributed by atoms with Crippen molar-refractivity contribution in [2.45, 2.75) is 19.4 Å². The molecule has 0 spiro atoms. The van der Waals surface area contributed by atoms with Gasteiger partial charge >= 0.3 is 0 Å². The first-order chi connectivity index (χ1) is 15.5. The Morgan fingerprint density at radius 1 is 1.24 bits per heavy atom. The highest BCUT2D eigenvalue weighted by Crippen LogP contribution is 2.46. The van der Waals surface area contributed by atoms with E-state index in [-0.39, 0.29) is 36.7 Å². The van der Waals surface area contributed by atoms with E-state index in [1.807, 2.05) is 13.8 Å². The maximum atomic E-state index is 12.9. The summed E-state index contributed by atoms with van der Waals surface area (Å²) in [5.41, 5.74) is 12.2. The summed E-state index contributed by atoms with van der Waals surface area (Å²) in [6.07, 6.45) is 4.71. The molecule has 1 aliphatic rings. The highest BCUT2D eigenvalue weighted by Gasteiger charge is 2.27. The number of nitrogens with one attached hydrogen (secondary N) is 2. The zero-order valence-corrected chi connectivity index (χ0v) is 19.9. The number of carbonyl (C=O) groups is 1. The molecule has 0 saturated heterocycles. The molecule has 3 heterocycles. The van der Waals surface area contributed by atoms with E-state index in [0.717, 1.165) is 0 Å². The Kier molecular flexibility index (Phi) is 6.93. The van der Waals surface area contributed by atoms with Crippen molar-refractivity contribution in [2.75, 3.05) is 17.1 Å². The normalized spacial score (nSPS) is 15.1. The molecule has 1 aliphatic heterocycles. The van der Waals surface area contributed by atoms with Crippen molar-refractivity contribution in [3.05, 3.63) is 60.0 Å². The molecule has 0 saturated carbocycles. The van der Waals surface area contributed by atoms with Gasteiger partial charge in [0.15, 0.2) is 5.84 Å². The molecule has 1 amide bonds. The second-order valence-corrected chi connectivity index (χ2v) is 9.39. The Labute approximate surface area is 203 Å². The number of hydrogen-bond donors (Lipinski definition) is 6. The van der Waals surface area contributed by atoms with Gasteiger partial charge in [-0.2, -0.15) is 0 Å². The highest BCUT2D eigenvalue weighted by atomic mass is 35.5. The topological polar surface area (TPSA) is 186 Å². The predicted octanol–water partition coefficient (Wildman–Crippen LogP) is 2.57. The zero-order valence-electron chi connectivity index (χ0n) is 18.3. The molecule has 3 aromatic rings. The van der Waals surface area contributed by atoms with E-state index in [1.54, 1.807) is 47.3 Å². The summed E-state index contributed by atoms with van der Waals surface area (Å²) in [6, 6.07) is 8.21. The van der Waals surface area contributed by atoms with Gasteiger partial charge in [-0.3, -0.25) is 23.2 Å². The van der Waals surface area contributed by atoms with Gasteiger partial charge in [0.25, 0.3) is 5.91 Å². The minimum Gasteiger partial charge on any atom is -0.490 e. The van der Waals surface area contributed by atoms with E-state index in [0.29, 0.717) is 28.4 Å². The number of carbonyl (C=O) groups excluding carboxylic acids is 1. The fraction of sp³-hybridized carbons (Fsp3) is 0.200. The van der Waals surface area contributed by atoms with Gasteiger partial charge in [0, 0.05) is 24.2 Å². The Morgan fingerprint density at radius 2 is 2.00 bits per heavy atom. The van der Waals surface area contributed by atoms with Crippen LogP contribution in [0.2, 0.25) is 0 Å². The maximum absolute atomic E-state index is 12.9. The van der Waals surface area contributed by atoms with Gasteiger partial charge in [-0.25, -0.2) is 9.97 Å². The molecule has 0 fully saturated rings. The van der Waals surface area contributed by atoms with E-state index in [4.69, 9.17) is 16.2 Å². The summed E-state index contributed by atoms with van der Waals surface area (Å²) in [4.78, 5) is 21.1. The lowest BCUT2D eigenvalue weighted by Gasteiger charge is -2.34. The Hall–Kier alpha value is -3.52. The van der Waals surface area contributed by atoms with Gasteiger partial charge in [0.1, 0.15) is 18.2 Å². The SMILES string of the molecule is CC(C)(COc1cccc2c1C(N)=NS(O)(O)N2)NC(=O)c1ccnc(-n2ccnc2N)c1.Cl. The number of hydrogen-bond acceptors (Lipinski definition) is 10. The lowest BCUT2D eigenvalue weighted by atomic mass is 10.1. The molecular formula is C20H25ClN8O4S. The fourth-order valence-corrected chi connectivity index (χ4v) is 4.10. The quantitative estimate of drug-likeness (QED) is 0.291. The number of anilines is 2. The maximum Gasteiger partial charge on any atom is 0.252 e. The molecule has 182 valence electrons. The Balaban J connectivity index is 0.00000324. The van der Waals surface area contributed by atoms with Crippen molar-refractivity contribution in [1.82, 2.24) is 19.9 Å². The molecule has 8 N–H and O–H groups in total. The number of amides is 1. The predicted molar refractivity (Wildman–Crippen MR) is 134 cm³/mol. The van der Waals surface area contributed by atoms with Crippen molar-refractivity contribution in [3.8, 4) is 11.6 Å². The first-order valence-electron chi connectivity index (χ1n) is 9.80. The number of nitrogen functional groups attached to an aromatic ring is 1. The van der Waals surface area contributed by atoms with Crippen molar-refractivity contribution in [2.24, 2.45) is 10.1 Å². The number of amidine groups is 1. The number of nitrogens with zero attached hydrogens (tertiary/aromatic N) is 4. The van der Waals surface area contributed by atoms with Crippen molar-refractivity contribution < 1.29 is 18.6 Å². The summed E-state index contributed by atoms with van der Waals surface area (Å²) < 4.78 is 33.3. The van der Waals surface area contributed by atoms with Gasteiger partial charge in [0.2, 0.25) is 5.95 Å². The van der Waals surface area contributed by atoms with Crippen LogP contribution < -0.4 is 26.2 Å². The largest absolute Gasteiger partial charge is 0.490 e. The average molecular weight is 509 g/mol. The van der Waals surface area contributed by atoms with Crippen LogP contribution in [0.3, 0.4) is 0 Å². The fourth-order valence-electron chi connectivity index (χ4n) is 3.23. The van der Waals surface area contributed by atoms with Gasteiger partial charge in [0.05, 0.1) is 16.8 Å². The monoisotopic (exact) mass is 508 g/mol. The molecule has 12 nitrogen and oxygen atoms in total. The molecule has 14 heteroatoms. The van der Waals surface area contributed by atoms with Crippen LogP contribution >= 0.6 is 23.4 Å². The van der Waals surface area contributed by atoms with Crippen molar-refractivity contribution in [3.63, 3.8) is 0 Å². The molecule has 34 heavy (non-hydrogen) atoms. The van der Waals surface area contributed by atoms with Crippen LogP contribution in [0.15, 0.2) is 53.3 Å². The van der Waals surface area contributed by atoms with Crippen LogP contribution in [0.25, 0.3) is 5.82 Å². The van der Waals surface area contributed by atoms with Crippen LogP contribution in [0.5, 0.6) is 5.75 Å². The van der Waals surface area contributed by atoms with Crippen LogP contribution in [0.4, 0.5) is 11.6 Å². The van der Waals surface area contributed by atoms with Gasteiger partial charge in [-0.1, -0.05) is 6.07 Å². The average Bonchev–Trinajstić information content (AvgIpc) is 3.17. The first-order valence-corrected chi connectivity index (χ1v) is 11.3. The standard InChI is InChI=1S/C20H24N8O4S.ClH/c1-20(2,11-32-14-5-3-4-13-16(14)17(21)27-33(30,31)26-13)25-18(29)12-6-7-23-15(10-12)28-9-8-24-19(28)22;/h3-10,26,30-31H,11H2,1-2H3,(H2,21,27)(H2,22,24)(H,25,29);1H. The third-order valence-electron chi connectivity index (χ3n) is 4.72. The highest BCUT2D eigenvalue weighted by molar-refractivity contribution is 8.24. The Morgan fingerprint density at radius 3 is 2.71 bits per heavy atom. The molecule has 0 bridgehead atoms. The molecule has 1 aromatic carbocycles.